The summed E-state index contributed by atoms with van der Waals surface area (Å²) in [4.78, 5) is 10.8. The number of hydrogen-bond acceptors (Lipinski definition) is 2. The van der Waals surface area contributed by atoms with Gasteiger partial charge >= 0.3 is 0 Å². The van der Waals surface area contributed by atoms with Crippen molar-refractivity contribution in [2.45, 2.75) is 17.7 Å². The summed E-state index contributed by atoms with van der Waals surface area (Å²) in [6, 6.07) is 17.0. The number of rotatable bonds is 5. The van der Waals surface area contributed by atoms with E-state index >= 15 is 0 Å². The Kier molecular flexibility index (Phi) is 4.68. The number of aryl methyl sites for hydroxylation is 1. The smallest absolute Gasteiger partial charge is 0.258 e. The van der Waals surface area contributed by atoms with Gasteiger partial charge in [-0.2, -0.15) is 0 Å². The number of halogens is 1. The van der Waals surface area contributed by atoms with Crippen LogP contribution < -0.4 is 0 Å². The van der Waals surface area contributed by atoms with Crippen molar-refractivity contribution in [2.24, 2.45) is 0 Å². The van der Waals surface area contributed by atoms with Crippen LogP contribution in [0.4, 0.5) is 5.69 Å². The topological polar surface area (TPSA) is 43.1 Å². The van der Waals surface area contributed by atoms with Gasteiger partial charge in [0.05, 0.1) is 4.92 Å². The van der Waals surface area contributed by atoms with Gasteiger partial charge in [0.1, 0.15) is 0 Å². The monoisotopic (exact) mass is 319 g/mol. The van der Waals surface area contributed by atoms with Crippen molar-refractivity contribution < 1.29 is 4.92 Å². The predicted octanol–water partition coefficient (Wildman–Crippen LogP) is 4.66. The lowest BCUT2D eigenvalue weighted by Crippen LogP contribution is -1.98. The molecule has 0 saturated heterocycles. The van der Waals surface area contributed by atoms with E-state index < -0.39 is 0 Å². The van der Waals surface area contributed by atoms with Crippen molar-refractivity contribution in [1.82, 2.24) is 0 Å². The molecule has 0 aliphatic rings. The van der Waals surface area contributed by atoms with Crippen LogP contribution in [0.1, 0.15) is 22.4 Å². The van der Waals surface area contributed by atoms with Gasteiger partial charge in [-0.15, -0.1) is 0 Å². The molecule has 0 fully saturated rings. The van der Waals surface area contributed by atoms with Crippen LogP contribution in [0.25, 0.3) is 0 Å². The molecule has 2 rings (SSSR count). The fourth-order valence-corrected chi connectivity index (χ4v) is 2.55. The first-order valence-electron chi connectivity index (χ1n) is 6.10. The van der Waals surface area contributed by atoms with Crippen LogP contribution in [0.5, 0.6) is 0 Å². The number of nitrogens with zero attached hydrogens (tertiary/aromatic N) is 1. The van der Waals surface area contributed by atoms with Crippen LogP contribution in [0.2, 0.25) is 0 Å². The summed E-state index contributed by atoms with van der Waals surface area (Å²) in [5.74, 6) is 0. The maximum atomic E-state index is 10.9. The highest BCUT2D eigenvalue weighted by molar-refractivity contribution is 9.09. The normalized spacial score (nSPS) is 12.1. The first kappa shape index (κ1) is 13.7. The molecule has 0 N–H and O–H groups in total. The number of benzene rings is 2. The van der Waals surface area contributed by atoms with Crippen LogP contribution in [-0.4, -0.2) is 4.92 Å². The van der Waals surface area contributed by atoms with E-state index in [0.29, 0.717) is 6.42 Å². The summed E-state index contributed by atoms with van der Waals surface area (Å²) in [6.07, 6.45) is 1.51. The van der Waals surface area contributed by atoms with Gasteiger partial charge in [-0.05, 0) is 18.4 Å². The Labute approximate surface area is 120 Å². The third-order valence-electron chi connectivity index (χ3n) is 3.02. The Balaban J connectivity index is 2.05. The zero-order chi connectivity index (χ0) is 13.7. The predicted molar refractivity (Wildman–Crippen MR) is 79.5 cm³/mol. The molecule has 1 unspecified atom stereocenters. The van der Waals surface area contributed by atoms with E-state index in [1.807, 2.05) is 30.3 Å². The number of hydrogen-bond donors (Lipinski definition) is 0. The molecule has 19 heavy (non-hydrogen) atoms. The standard InChI is InChI=1S/C15H14BrNO2/c16-14(12-6-2-1-3-7-12)11-10-13-8-4-5-9-15(13)17(18)19/h1-9,14H,10-11H2. The maximum Gasteiger partial charge on any atom is 0.272 e. The maximum absolute atomic E-state index is 10.9. The zero-order valence-corrected chi connectivity index (χ0v) is 11.9. The Morgan fingerprint density at radius 2 is 1.68 bits per heavy atom. The second-order valence-electron chi connectivity index (χ2n) is 4.30. The SMILES string of the molecule is O=[N+]([O-])c1ccccc1CCC(Br)c1ccccc1. The summed E-state index contributed by atoms with van der Waals surface area (Å²) < 4.78 is 0. The highest BCUT2D eigenvalue weighted by Gasteiger charge is 2.14. The lowest BCUT2D eigenvalue weighted by atomic mass is 10.0. The van der Waals surface area contributed by atoms with Gasteiger partial charge in [0, 0.05) is 16.5 Å². The fourth-order valence-electron chi connectivity index (χ4n) is 2.01. The molecule has 2 aromatic rings. The Morgan fingerprint density at radius 3 is 2.37 bits per heavy atom. The van der Waals surface area contributed by atoms with Crippen molar-refractivity contribution in [3.05, 3.63) is 75.8 Å². The van der Waals surface area contributed by atoms with Crippen molar-refractivity contribution in [2.75, 3.05) is 0 Å². The molecule has 0 aliphatic heterocycles. The highest BCUT2D eigenvalue weighted by atomic mass is 79.9. The van der Waals surface area contributed by atoms with Crippen molar-refractivity contribution >= 4 is 21.6 Å². The molecule has 2 aromatic carbocycles. The Hall–Kier alpha value is -1.68. The van der Waals surface area contributed by atoms with E-state index in [4.69, 9.17) is 0 Å². The minimum absolute atomic E-state index is 0.204. The number of alkyl halides is 1. The number of para-hydroxylation sites is 1. The number of nitro groups is 1. The van der Waals surface area contributed by atoms with E-state index in [1.165, 1.54) is 5.56 Å². The molecule has 0 radical (unpaired) electrons. The molecule has 4 heteroatoms. The molecular weight excluding hydrogens is 306 g/mol. The van der Waals surface area contributed by atoms with E-state index in [2.05, 4.69) is 28.1 Å². The highest BCUT2D eigenvalue weighted by Crippen LogP contribution is 2.29. The van der Waals surface area contributed by atoms with Gasteiger partial charge in [-0.25, -0.2) is 0 Å². The van der Waals surface area contributed by atoms with E-state index in [9.17, 15) is 10.1 Å². The van der Waals surface area contributed by atoms with Gasteiger partial charge in [0.25, 0.3) is 5.69 Å². The summed E-state index contributed by atoms with van der Waals surface area (Å²) in [7, 11) is 0. The van der Waals surface area contributed by atoms with E-state index in [-0.39, 0.29) is 15.4 Å². The summed E-state index contributed by atoms with van der Waals surface area (Å²) in [5.41, 5.74) is 2.18. The van der Waals surface area contributed by atoms with Crippen LogP contribution in [-0.2, 0) is 6.42 Å². The minimum Gasteiger partial charge on any atom is -0.258 e. The summed E-state index contributed by atoms with van der Waals surface area (Å²) in [5, 5.41) is 10.9. The third kappa shape index (κ3) is 3.64. The lowest BCUT2D eigenvalue weighted by Gasteiger charge is -2.10. The van der Waals surface area contributed by atoms with E-state index in [0.717, 1.165) is 12.0 Å². The molecule has 0 aliphatic carbocycles. The van der Waals surface area contributed by atoms with Crippen LogP contribution in [0.15, 0.2) is 54.6 Å². The lowest BCUT2D eigenvalue weighted by molar-refractivity contribution is -0.385. The number of nitro benzene ring substituents is 1. The Morgan fingerprint density at radius 1 is 1.05 bits per heavy atom. The van der Waals surface area contributed by atoms with Gasteiger partial charge in [0.2, 0.25) is 0 Å². The summed E-state index contributed by atoms with van der Waals surface area (Å²) >= 11 is 3.64. The Bertz CT molecular complexity index is 557. The average molecular weight is 320 g/mol. The van der Waals surface area contributed by atoms with Gasteiger partial charge in [-0.1, -0.05) is 64.5 Å². The first-order chi connectivity index (χ1) is 9.18. The van der Waals surface area contributed by atoms with E-state index in [1.54, 1.807) is 12.1 Å². The molecule has 0 saturated carbocycles. The second kappa shape index (κ2) is 6.48. The second-order valence-corrected chi connectivity index (χ2v) is 5.41. The molecule has 1 atom stereocenters. The van der Waals surface area contributed by atoms with Gasteiger partial charge < -0.3 is 0 Å². The zero-order valence-electron chi connectivity index (χ0n) is 10.3. The summed E-state index contributed by atoms with van der Waals surface area (Å²) in [6.45, 7) is 0. The fraction of sp³-hybridized carbons (Fsp3) is 0.200. The van der Waals surface area contributed by atoms with Gasteiger partial charge in [0.15, 0.2) is 0 Å². The van der Waals surface area contributed by atoms with Crippen molar-refractivity contribution in [3.8, 4) is 0 Å². The average Bonchev–Trinajstić information content (AvgIpc) is 2.46. The van der Waals surface area contributed by atoms with Crippen LogP contribution in [0, 0.1) is 10.1 Å². The minimum atomic E-state index is -0.318. The molecule has 0 amide bonds. The molecule has 0 bridgehead atoms. The largest absolute Gasteiger partial charge is 0.272 e. The molecule has 98 valence electrons. The molecule has 0 heterocycles. The third-order valence-corrected chi connectivity index (χ3v) is 4.00. The van der Waals surface area contributed by atoms with Crippen LogP contribution in [0.3, 0.4) is 0 Å². The van der Waals surface area contributed by atoms with Crippen molar-refractivity contribution in [1.29, 1.82) is 0 Å². The van der Waals surface area contributed by atoms with Crippen LogP contribution >= 0.6 is 15.9 Å². The van der Waals surface area contributed by atoms with Crippen molar-refractivity contribution in [3.63, 3.8) is 0 Å². The first-order valence-corrected chi connectivity index (χ1v) is 7.01. The molecule has 0 spiro atoms. The molecule has 3 nitrogen and oxygen atoms in total. The quantitative estimate of drug-likeness (QED) is 0.457. The molecular formula is C15H14BrNO2. The molecule has 0 aromatic heterocycles. The van der Waals surface area contributed by atoms with Gasteiger partial charge in [-0.3, -0.25) is 10.1 Å².